The van der Waals surface area contributed by atoms with Gasteiger partial charge in [-0.05, 0) is 36.1 Å². The van der Waals surface area contributed by atoms with E-state index >= 15 is 0 Å². The van der Waals surface area contributed by atoms with Gasteiger partial charge in [-0.3, -0.25) is 9.59 Å². The second-order valence-corrected chi connectivity index (χ2v) is 8.40. The van der Waals surface area contributed by atoms with Crippen LogP contribution in [0, 0.1) is 0 Å². The summed E-state index contributed by atoms with van der Waals surface area (Å²) in [7, 11) is 0. The van der Waals surface area contributed by atoms with Crippen molar-refractivity contribution in [1.82, 2.24) is 5.01 Å². The molecule has 0 N–H and O–H groups in total. The third-order valence-electron chi connectivity index (χ3n) is 6.47. The number of esters is 1. The molecule has 0 radical (unpaired) electrons. The average Bonchev–Trinajstić information content (AvgIpc) is 3.54. The van der Waals surface area contributed by atoms with Crippen molar-refractivity contribution in [3.8, 4) is 11.5 Å². The van der Waals surface area contributed by atoms with Crippen LogP contribution in [0.1, 0.15) is 43.2 Å². The highest BCUT2D eigenvalue weighted by Crippen LogP contribution is 2.45. The highest BCUT2D eigenvalue weighted by Gasteiger charge is 2.45. The summed E-state index contributed by atoms with van der Waals surface area (Å²) in [6.45, 7) is 1.20. The fraction of sp³-hybridized carbons (Fsp3) is 0.400. The van der Waals surface area contributed by atoms with E-state index in [0.29, 0.717) is 50.5 Å². The Morgan fingerprint density at radius 1 is 1.00 bits per heavy atom. The molecule has 1 fully saturated rings. The molecule has 7 heteroatoms. The Labute approximate surface area is 187 Å². The maximum atomic E-state index is 13.2. The quantitative estimate of drug-likeness (QED) is 0.674. The molecule has 0 aromatic heterocycles. The number of fused-ring (bicyclic) bond motifs is 1. The van der Waals surface area contributed by atoms with Gasteiger partial charge in [-0.25, -0.2) is 5.01 Å². The summed E-state index contributed by atoms with van der Waals surface area (Å²) in [5.74, 6) is 0.688. The molecule has 3 aliphatic rings. The monoisotopic (exact) mass is 434 g/mol. The first-order valence-corrected chi connectivity index (χ1v) is 11.2. The third kappa shape index (κ3) is 3.83. The number of hydrogen-bond acceptors (Lipinski definition) is 6. The Morgan fingerprint density at radius 3 is 2.53 bits per heavy atom. The summed E-state index contributed by atoms with van der Waals surface area (Å²) < 4.78 is 16.9. The van der Waals surface area contributed by atoms with Crippen LogP contribution in [-0.4, -0.2) is 49.0 Å². The van der Waals surface area contributed by atoms with Crippen LogP contribution in [0.4, 0.5) is 0 Å². The van der Waals surface area contributed by atoms with Crippen molar-refractivity contribution >= 4 is 17.6 Å². The minimum Gasteiger partial charge on any atom is -0.486 e. The summed E-state index contributed by atoms with van der Waals surface area (Å²) in [4.78, 5) is 25.9. The number of benzene rings is 2. The first kappa shape index (κ1) is 20.5. The normalized spacial score (nSPS) is 18.9. The number of carbonyl (C=O) groups is 2. The standard InChI is InChI=1S/C25H26N2O5/c28-23(27-13-10-20(26-27)18-6-2-1-3-7-18)17-32-24(29)25(11-4-5-12-25)19-8-9-21-22(16-19)31-15-14-30-21/h1-3,6-9,16H,4-5,10-15,17H2. The van der Waals surface area contributed by atoms with Crippen LogP contribution in [0.2, 0.25) is 0 Å². The molecule has 166 valence electrons. The molecule has 0 spiro atoms. The maximum absolute atomic E-state index is 13.2. The van der Waals surface area contributed by atoms with E-state index < -0.39 is 5.41 Å². The molecule has 1 aliphatic carbocycles. The van der Waals surface area contributed by atoms with Crippen molar-refractivity contribution in [2.24, 2.45) is 5.10 Å². The Bertz CT molecular complexity index is 1040. The van der Waals surface area contributed by atoms with Gasteiger partial charge in [0.15, 0.2) is 18.1 Å². The summed E-state index contributed by atoms with van der Waals surface area (Å²) in [5.41, 5.74) is 1.99. The molecule has 0 bridgehead atoms. The second-order valence-electron chi connectivity index (χ2n) is 8.40. The lowest BCUT2D eigenvalue weighted by Gasteiger charge is -2.29. The molecule has 0 atom stereocenters. The minimum absolute atomic E-state index is 0.306. The summed E-state index contributed by atoms with van der Waals surface area (Å²) >= 11 is 0. The highest BCUT2D eigenvalue weighted by atomic mass is 16.6. The molecule has 2 aromatic rings. The van der Waals surface area contributed by atoms with Crippen LogP contribution < -0.4 is 9.47 Å². The summed E-state index contributed by atoms with van der Waals surface area (Å²) in [6.07, 6.45) is 3.95. The van der Waals surface area contributed by atoms with Gasteiger partial charge in [0.2, 0.25) is 0 Å². The highest BCUT2D eigenvalue weighted by molar-refractivity contribution is 6.02. The van der Waals surface area contributed by atoms with Gasteiger partial charge in [0.25, 0.3) is 5.91 Å². The Hall–Kier alpha value is -3.35. The van der Waals surface area contributed by atoms with E-state index in [4.69, 9.17) is 14.2 Å². The molecule has 0 unspecified atom stereocenters. The zero-order valence-corrected chi connectivity index (χ0v) is 17.9. The fourth-order valence-electron chi connectivity index (χ4n) is 4.74. The Morgan fingerprint density at radius 2 is 1.75 bits per heavy atom. The smallest absolute Gasteiger partial charge is 0.317 e. The molecule has 5 rings (SSSR count). The number of amides is 1. The van der Waals surface area contributed by atoms with Gasteiger partial charge < -0.3 is 14.2 Å². The SMILES string of the molecule is O=C(COC(=O)C1(c2ccc3c(c2)OCCO3)CCCC1)N1CCC(c2ccccc2)=N1. The molecule has 7 nitrogen and oxygen atoms in total. The molecule has 1 saturated carbocycles. The van der Waals surface area contributed by atoms with Crippen LogP contribution in [-0.2, 0) is 19.7 Å². The van der Waals surface area contributed by atoms with Crippen LogP contribution in [0.15, 0.2) is 53.6 Å². The molecular formula is C25H26N2O5. The van der Waals surface area contributed by atoms with Gasteiger partial charge in [-0.15, -0.1) is 0 Å². The average molecular weight is 434 g/mol. The molecule has 32 heavy (non-hydrogen) atoms. The number of nitrogens with zero attached hydrogens (tertiary/aromatic N) is 2. The number of hydrogen-bond donors (Lipinski definition) is 0. The van der Waals surface area contributed by atoms with Gasteiger partial charge in [0.1, 0.15) is 13.2 Å². The van der Waals surface area contributed by atoms with Crippen LogP contribution in [0.5, 0.6) is 11.5 Å². The van der Waals surface area contributed by atoms with Crippen LogP contribution in [0.3, 0.4) is 0 Å². The molecule has 2 aromatic carbocycles. The van der Waals surface area contributed by atoms with Gasteiger partial charge >= 0.3 is 5.97 Å². The molecule has 2 heterocycles. The van der Waals surface area contributed by atoms with Gasteiger partial charge in [-0.1, -0.05) is 49.2 Å². The predicted molar refractivity (Wildman–Crippen MR) is 118 cm³/mol. The lowest BCUT2D eigenvalue weighted by atomic mass is 9.78. The topological polar surface area (TPSA) is 77.4 Å². The van der Waals surface area contributed by atoms with E-state index in [2.05, 4.69) is 5.10 Å². The zero-order valence-electron chi connectivity index (χ0n) is 17.9. The molecule has 0 saturated heterocycles. The first-order chi connectivity index (χ1) is 15.7. The van der Waals surface area contributed by atoms with Gasteiger partial charge in [0, 0.05) is 6.42 Å². The van der Waals surface area contributed by atoms with Gasteiger partial charge in [0.05, 0.1) is 17.7 Å². The zero-order chi connectivity index (χ0) is 22.0. The van der Waals surface area contributed by atoms with E-state index in [1.165, 1.54) is 5.01 Å². The van der Waals surface area contributed by atoms with Crippen molar-refractivity contribution in [2.75, 3.05) is 26.4 Å². The number of rotatable bonds is 5. The van der Waals surface area contributed by atoms with E-state index in [-0.39, 0.29) is 18.5 Å². The summed E-state index contributed by atoms with van der Waals surface area (Å²) in [5, 5.41) is 5.84. The molecule has 2 aliphatic heterocycles. The molecule has 1 amide bonds. The van der Waals surface area contributed by atoms with E-state index in [0.717, 1.165) is 29.7 Å². The maximum Gasteiger partial charge on any atom is 0.317 e. The second kappa shape index (κ2) is 8.65. The van der Waals surface area contributed by atoms with Crippen molar-refractivity contribution in [2.45, 2.75) is 37.5 Å². The molecular weight excluding hydrogens is 408 g/mol. The number of ether oxygens (including phenoxy) is 3. The predicted octanol–water partition coefficient (Wildman–Crippen LogP) is 3.45. The van der Waals surface area contributed by atoms with Crippen molar-refractivity contribution in [3.05, 3.63) is 59.7 Å². The van der Waals surface area contributed by atoms with E-state index in [1.807, 2.05) is 48.5 Å². The van der Waals surface area contributed by atoms with Crippen molar-refractivity contribution in [3.63, 3.8) is 0 Å². The lowest BCUT2D eigenvalue weighted by molar-refractivity contribution is -0.157. The summed E-state index contributed by atoms with van der Waals surface area (Å²) in [6, 6.07) is 15.5. The Kier molecular flexibility index (Phi) is 5.55. The van der Waals surface area contributed by atoms with Crippen LogP contribution >= 0.6 is 0 Å². The Balaban J connectivity index is 1.27. The van der Waals surface area contributed by atoms with Crippen LogP contribution in [0.25, 0.3) is 0 Å². The minimum atomic E-state index is -0.750. The number of hydrazone groups is 1. The largest absolute Gasteiger partial charge is 0.486 e. The van der Waals surface area contributed by atoms with Gasteiger partial charge in [-0.2, -0.15) is 5.10 Å². The fourth-order valence-corrected chi connectivity index (χ4v) is 4.74. The first-order valence-electron chi connectivity index (χ1n) is 11.2. The van der Waals surface area contributed by atoms with Crippen molar-refractivity contribution < 1.29 is 23.8 Å². The van der Waals surface area contributed by atoms with E-state index in [9.17, 15) is 9.59 Å². The van der Waals surface area contributed by atoms with Crippen molar-refractivity contribution in [1.29, 1.82) is 0 Å². The third-order valence-corrected chi connectivity index (χ3v) is 6.47. The lowest BCUT2D eigenvalue weighted by Crippen LogP contribution is -2.37. The number of carbonyl (C=O) groups excluding carboxylic acids is 2. The van der Waals surface area contributed by atoms with E-state index in [1.54, 1.807) is 0 Å².